The third-order valence-corrected chi connectivity index (χ3v) is 14.5. The average Bonchev–Trinajstić information content (AvgIpc) is 2.94. The molecule has 1 aliphatic heterocycles. The zero-order chi connectivity index (χ0) is 29.8. The molecule has 0 radical (unpaired) electrons. The van der Waals surface area contributed by atoms with Crippen molar-refractivity contribution >= 4 is 11.8 Å². The number of carbonyl (C=O) groups is 2. The summed E-state index contributed by atoms with van der Waals surface area (Å²) >= 11 is 0. The summed E-state index contributed by atoms with van der Waals surface area (Å²) in [4.78, 5) is 28.3. The van der Waals surface area contributed by atoms with Gasteiger partial charge in [0, 0.05) is 11.0 Å². The molecule has 5 heteroatoms. The number of fused-ring (bicyclic) bond motifs is 7. The van der Waals surface area contributed by atoms with Crippen molar-refractivity contribution in [3.63, 3.8) is 0 Å². The molecule has 0 aromatic rings. The first kappa shape index (κ1) is 29.0. The molecule has 1 heterocycles. The van der Waals surface area contributed by atoms with Gasteiger partial charge in [-0.15, -0.1) is 0 Å². The van der Waals surface area contributed by atoms with Gasteiger partial charge in [0.2, 0.25) is 5.78 Å². The maximum absolute atomic E-state index is 13.2. The van der Waals surface area contributed by atoms with Gasteiger partial charge in [-0.2, -0.15) is 0 Å². The molecule has 0 aromatic carbocycles. The number of rotatable bonds is 3. The number of aliphatic carboxylic acids is 1. The molecule has 7 atom stereocenters. The van der Waals surface area contributed by atoms with Gasteiger partial charge in [0.05, 0.1) is 0 Å². The van der Waals surface area contributed by atoms with Crippen LogP contribution in [0, 0.1) is 33.0 Å². The Morgan fingerprint density at radius 1 is 0.951 bits per heavy atom. The van der Waals surface area contributed by atoms with Crippen molar-refractivity contribution in [2.75, 3.05) is 13.1 Å². The van der Waals surface area contributed by atoms with Crippen molar-refractivity contribution in [3.8, 4) is 0 Å². The highest BCUT2D eigenvalue weighted by Gasteiger charge is 2.69. The number of carboxylic acid groups (broad SMARTS) is 1. The molecule has 0 aromatic heterocycles. The SMILES string of the molecule is CC1=C(O)C(=O)C=C2C1=CC=C1[C@@]2(C)CC[C@@]2(C)[C@@H]3C[C@](C)(C(C)(C(=O)O)N4CCCCC4)CC[C@]3(C)CC[C@]12C. The second kappa shape index (κ2) is 8.94. The van der Waals surface area contributed by atoms with Gasteiger partial charge in [-0.3, -0.25) is 14.5 Å². The minimum absolute atomic E-state index is 0.0198. The molecule has 5 nitrogen and oxygen atoms in total. The lowest BCUT2D eigenvalue weighted by molar-refractivity contribution is -0.194. The Balaban J connectivity index is 1.43. The minimum atomic E-state index is -0.872. The third-order valence-electron chi connectivity index (χ3n) is 14.5. The van der Waals surface area contributed by atoms with E-state index in [1.807, 2.05) is 13.8 Å². The summed E-state index contributed by atoms with van der Waals surface area (Å²) in [6.45, 7) is 17.8. The Kier molecular flexibility index (Phi) is 6.31. The Bertz CT molecular complexity index is 1330. The second-order valence-electron chi connectivity index (χ2n) is 16.0. The number of allylic oxidation sites excluding steroid dienone is 7. The van der Waals surface area contributed by atoms with Crippen LogP contribution in [-0.2, 0) is 9.59 Å². The molecule has 6 rings (SSSR count). The van der Waals surface area contributed by atoms with Crippen LogP contribution in [0.25, 0.3) is 0 Å². The lowest BCUT2D eigenvalue weighted by Crippen LogP contribution is -2.68. The third kappa shape index (κ3) is 3.57. The monoisotopic (exact) mass is 561 g/mol. The second-order valence-corrected chi connectivity index (χ2v) is 16.0. The summed E-state index contributed by atoms with van der Waals surface area (Å²) in [6, 6.07) is 0. The number of aliphatic hydroxyl groups excluding tert-OH is 1. The van der Waals surface area contributed by atoms with Crippen LogP contribution in [0.15, 0.2) is 46.3 Å². The summed E-state index contributed by atoms with van der Waals surface area (Å²) < 4.78 is 0. The van der Waals surface area contributed by atoms with E-state index in [4.69, 9.17) is 0 Å². The molecule has 5 aliphatic carbocycles. The molecular weight excluding hydrogens is 510 g/mol. The van der Waals surface area contributed by atoms with Crippen LogP contribution < -0.4 is 0 Å². The maximum atomic E-state index is 13.2. The molecule has 4 fully saturated rings. The van der Waals surface area contributed by atoms with E-state index in [1.54, 1.807) is 6.08 Å². The molecular formula is C36H51NO4. The molecule has 1 saturated heterocycles. The van der Waals surface area contributed by atoms with Crippen molar-refractivity contribution in [1.29, 1.82) is 0 Å². The predicted octanol–water partition coefficient (Wildman–Crippen LogP) is 7.94. The van der Waals surface area contributed by atoms with Gasteiger partial charge < -0.3 is 10.2 Å². The van der Waals surface area contributed by atoms with Crippen molar-refractivity contribution in [2.24, 2.45) is 33.0 Å². The summed E-state index contributed by atoms with van der Waals surface area (Å²) in [6.07, 6.45) is 16.8. The number of piperidine rings is 1. The van der Waals surface area contributed by atoms with Gasteiger partial charge in [-0.1, -0.05) is 58.8 Å². The van der Waals surface area contributed by atoms with Crippen molar-refractivity contribution in [2.45, 2.75) is 118 Å². The maximum Gasteiger partial charge on any atom is 0.324 e. The number of nitrogens with zero attached hydrogens (tertiary/aromatic N) is 1. The average molecular weight is 562 g/mol. The van der Waals surface area contributed by atoms with Crippen molar-refractivity contribution in [1.82, 2.24) is 4.90 Å². The normalized spacial score (nSPS) is 44.3. The number of carbonyl (C=O) groups excluding carboxylic acids is 1. The number of hydrogen-bond donors (Lipinski definition) is 2. The van der Waals surface area contributed by atoms with Gasteiger partial charge in [-0.25, -0.2) is 0 Å². The highest BCUT2D eigenvalue weighted by molar-refractivity contribution is 6.06. The molecule has 0 amide bonds. The highest BCUT2D eigenvalue weighted by Crippen LogP contribution is 2.76. The molecule has 224 valence electrons. The number of carboxylic acids is 1. The van der Waals surface area contributed by atoms with Gasteiger partial charge in [0.15, 0.2) is 5.76 Å². The highest BCUT2D eigenvalue weighted by atomic mass is 16.4. The number of ketones is 1. The minimum Gasteiger partial charge on any atom is -0.504 e. The fourth-order valence-electron chi connectivity index (χ4n) is 11.0. The Morgan fingerprint density at radius 2 is 1.61 bits per heavy atom. The Labute approximate surface area is 246 Å². The molecule has 2 N–H and O–H groups in total. The van der Waals surface area contributed by atoms with Crippen LogP contribution in [0.4, 0.5) is 0 Å². The Morgan fingerprint density at radius 3 is 2.27 bits per heavy atom. The quantitative estimate of drug-likeness (QED) is 0.366. The van der Waals surface area contributed by atoms with E-state index in [1.165, 1.54) is 12.0 Å². The molecule has 41 heavy (non-hydrogen) atoms. The van der Waals surface area contributed by atoms with Crippen LogP contribution in [0.5, 0.6) is 0 Å². The van der Waals surface area contributed by atoms with Crippen molar-refractivity contribution in [3.05, 3.63) is 46.3 Å². The van der Waals surface area contributed by atoms with E-state index >= 15 is 0 Å². The number of aliphatic hydroxyl groups is 1. The van der Waals surface area contributed by atoms with Crippen LogP contribution in [0.3, 0.4) is 0 Å². The van der Waals surface area contributed by atoms with E-state index < -0.39 is 11.5 Å². The zero-order valence-corrected chi connectivity index (χ0v) is 26.5. The largest absolute Gasteiger partial charge is 0.504 e. The lowest BCUT2D eigenvalue weighted by atomic mass is 9.34. The molecule has 1 unspecified atom stereocenters. The first-order chi connectivity index (χ1) is 19.1. The fraction of sp³-hybridized carbons (Fsp3) is 0.722. The van der Waals surface area contributed by atoms with E-state index in [0.717, 1.165) is 82.0 Å². The Hall–Kier alpha value is -2.14. The van der Waals surface area contributed by atoms with Gasteiger partial charge in [0.1, 0.15) is 5.54 Å². The standard InChI is InChI=1S/C36H51NO4/c1-23-24-11-12-27-33(4,25(24)21-26(38)29(23)39)16-18-35(6)28-22-32(3,15-13-31(28,2)14-17-34(27,35)5)36(7,30(40)41)37-19-9-8-10-20-37/h11-12,21,28,39H,8-10,13-20,22H2,1-7H3,(H,40,41)/t28-,31-,32-,33+,34-,35+,36?/m1/s1. The topological polar surface area (TPSA) is 77.8 Å². The van der Waals surface area contributed by atoms with Crippen LogP contribution in [-0.4, -0.2) is 45.5 Å². The zero-order valence-electron chi connectivity index (χ0n) is 26.5. The number of hydrogen-bond acceptors (Lipinski definition) is 4. The predicted molar refractivity (Wildman–Crippen MR) is 162 cm³/mol. The summed E-state index contributed by atoms with van der Waals surface area (Å²) in [7, 11) is 0. The van der Waals surface area contributed by atoms with Crippen LogP contribution in [0.2, 0.25) is 0 Å². The molecule has 0 bridgehead atoms. The lowest BCUT2D eigenvalue weighted by Gasteiger charge is -2.71. The first-order valence-corrected chi connectivity index (χ1v) is 16.2. The summed E-state index contributed by atoms with van der Waals surface area (Å²) in [5, 5.41) is 21.3. The van der Waals surface area contributed by atoms with E-state index in [0.29, 0.717) is 11.5 Å². The number of likely N-dealkylation sites (tertiary alicyclic amines) is 1. The molecule has 0 spiro atoms. The van der Waals surface area contributed by atoms with E-state index in [-0.39, 0.29) is 38.6 Å². The smallest absolute Gasteiger partial charge is 0.324 e. The van der Waals surface area contributed by atoms with E-state index in [9.17, 15) is 19.8 Å². The fourth-order valence-corrected chi connectivity index (χ4v) is 11.0. The van der Waals surface area contributed by atoms with E-state index in [2.05, 4.69) is 51.7 Å². The summed E-state index contributed by atoms with van der Waals surface area (Å²) in [5.41, 5.74) is 2.93. The molecule has 6 aliphatic rings. The summed E-state index contributed by atoms with van der Waals surface area (Å²) in [5.74, 6) is -0.643. The molecule has 3 saturated carbocycles. The van der Waals surface area contributed by atoms with Gasteiger partial charge in [0.25, 0.3) is 0 Å². The van der Waals surface area contributed by atoms with Gasteiger partial charge in [-0.05, 0) is 130 Å². The first-order valence-electron chi connectivity index (χ1n) is 16.2. The van der Waals surface area contributed by atoms with Crippen molar-refractivity contribution < 1.29 is 19.8 Å². The van der Waals surface area contributed by atoms with Crippen LogP contribution >= 0.6 is 0 Å². The van der Waals surface area contributed by atoms with Gasteiger partial charge >= 0.3 is 5.97 Å². The van der Waals surface area contributed by atoms with Crippen LogP contribution in [0.1, 0.15) is 113 Å².